The molecule has 2 aromatic carbocycles. The van der Waals surface area contributed by atoms with Crippen LogP contribution in [0.4, 0.5) is 21.8 Å². The van der Waals surface area contributed by atoms with Crippen LogP contribution in [-0.4, -0.2) is 28.9 Å². The van der Waals surface area contributed by atoms with Crippen molar-refractivity contribution in [3.63, 3.8) is 0 Å². The minimum absolute atomic E-state index is 0.149. The molecule has 8 heteroatoms. The third kappa shape index (κ3) is 4.97. The van der Waals surface area contributed by atoms with Crippen molar-refractivity contribution >= 4 is 23.7 Å². The van der Waals surface area contributed by atoms with E-state index in [4.69, 9.17) is 5.41 Å². The topological polar surface area (TPSA) is 89.8 Å². The molecule has 1 aliphatic heterocycles. The van der Waals surface area contributed by atoms with Gasteiger partial charge < -0.3 is 26.7 Å². The smallest absolute Gasteiger partial charge is 0.209 e. The van der Waals surface area contributed by atoms with Crippen LogP contribution in [0, 0.1) is 11.2 Å². The fraction of sp³-hybridized carbons (Fsp3) is 0.250. The highest BCUT2D eigenvalue weighted by atomic mass is 19.1. The predicted molar refractivity (Wildman–Crippen MR) is 127 cm³/mol. The van der Waals surface area contributed by atoms with Gasteiger partial charge in [0.05, 0.1) is 11.5 Å². The highest BCUT2D eigenvalue weighted by molar-refractivity contribution is 5.84. The molecule has 0 spiro atoms. The van der Waals surface area contributed by atoms with Crippen LogP contribution >= 0.6 is 0 Å². The first kappa shape index (κ1) is 21.6. The Morgan fingerprint density at radius 1 is 1.16 bits per heavy atom. The SMILES string of the molecule is C=C(NCc1ccccc1)Nc1c(C=N)nc(Nc2ccccc2F)n1C1CCNCC1. The second-order valence-electron chi connectivity index (χ2n) is 7.71. The average molecular weight is 434 g/mol. The van der Waals surface area contributed by atoms with Crippen LogP contribution in [0.25, 0.3) is 0 Å². The summed E-state index contributed by atoms with van der Waals surface area (Å²) in [5.74, 6) is 1.41. The number of halogens is 1. The molecule has 0 amide bonds. The monoisotopic (exact) mass is 433 g/mol. The van der Waals surface area contributed by atoms with Gasteiger partial charge in [-0.15, -0.1) is 0 Å². The van der Waals surface area contributed by atoms with Crippen LogP contribution in [0.5, 0.6) is 0 Å². The number of benzene rings is 2. The molecule has 5 N–H and O–H groups in total. The van der Waals surface area contributed by atoms with E-state index >= 15 is 0 Å². The van der Waals surface area contributed by atoms with Gasteiger partial charge in [-0.1, -0.05) is 49.0 Å². The van der Waals surface area contributed by atoms with E-state index in [0.717, 1.165) is 31.5 Å². The zero-order valence-corrected chi connectivity index (χ0v) is 17.9. The Kier molecular flexibility index (Phi) is 6.81. The Labute approximate surface area is 187 Å². The molecule has 4 rings (SSSR count). The maximum Gasteiger partial charge on any atom is 0.209 e. The molecule has 3 aromatic rings. The van der Waals surface area contributed by atoms with Crippen molar-refractivity contribution in [3.05, 3.63) is 84.1 Å². The van der Waals surface area contributed by atoms with Gasteiger partial charge in [0, 0.05) is 18.8 Å². The molecule has 2 heterocycles. The van der Waals surface area contributed by atoms with Crippen LogP contribution in [0.1, 0.15) is 30.1 Å². The molecule has 1 aromatic heterocycles. The summed E-state index contributed by atoms with van der Waals surface area (Å²) in [4.78, 5) is 4.60. The van der Waals surface area contributed by atoms with Gasteiger partial charge in [0.15, 0.2) is 0 Å². The molecule has 0 saturated carbocycles. The van der Waals surface area contributed by atoms with E-state index in [1.807, 2.05) is 34.9 Å². The molecule has 32 heavy (non-hydrogen) atoms. The lowest BCUT2D eigenvalue weighted by Crippen LogP contribution is -2.31. The van der Waals surface area contributed by atoms with Gasteiger partial charge in [0.1, 0.15) is 17.3 Å². The van der Waals surface area contributed by atoms with Gasteiger partial charge in [-0.3, -0.25) is 4.57 Å². The summed E-state index contributed by atoms with van der Waals surface area (Å²) >= 11 is 0. The number of nitrogens with zero attached hydrogens (tertiary/aromatic N) is 2. The fourth-order valence-electron chi connectivity index (χ4n) is 3.86. The lowest BCUT2D eigenvalue weighted by atomic mass is 10.1. The van der Waals surface area contributed by atoms with Gasteiger partial charge >= 0.3 is 0 Å². The molecular weight excluding hydrogens is 405 g/mol. The van der Waals surface area contributed by atoms with Crippen LogP contribution in [0.15, 0.2) is 67.0 Å². The van der Waals surface area contributed by atoms with E-state index in [1.54, 1.807) is 18.2 Å². The van der Waals surface area contributed by atoms with Crippen molar-refractivity contribution < 1.29 is 4.39 Å². The molecular formula is C24H28FN7. The Morgan fingerprint density at radius 3 is 2.59 bits per heavy atom. The molecule has 0 unspecified atom stereocenters. The van der Waals surface area contributed by atoms with E-state index in [-0.39, 0.29) is 11.9 Å². The minimum atomic E-state index is -0.354. The number of nitrogens with one attached hydrogen (secondary N) is 5. The number of piperidine rings is 1. The largest absolute Gasteiger partial charge is 0.368 e. The Morgan fingerprint density at radius 2 is 1.88 bits per heavy atom. The van der Waals surface area contributed by atoms with Crippen LogP contribution < -0.4 is 21.3 Å². The van der Waals surface area contributed by atoms with Gasteiger partial charge in [0.25, 0.3) is 0 Å². The number of aromatic nitrogens is 2. The maximum absolute atomic E-state index is 14.3. The molecule has 0 aliphatic carbocycles. The average Bonchev–Trinajstić information content (AvgIpc) is 3.17. The van der Waals surface area contributed by atoms with Gasteiger partial charge in [-0.05, 0) is 43.6 Å². The number of imidazole rings is 1. The number of hydrogen-bond donors (Lipinski definition) is 5. The van der Waals surface area contributed by atoms with E-state index in [9.17, 15) is 4.39 Å². The number of rotatable bonds is 9. The van der Waals surface area contributed by atoms with E-state index in [2.05, 4.69) is 32.8 Å². The molecule has 166 valence electrons. The zero-order chi connectivity index (χ0) is 22.3. The normalized spacial score (nSPS) is 14.0. The second kappa shape index (κ2) is 10.1. The first-order valence-corrected chi connectivity index (χ1v) is 10.7. The number of anilines is 3. The first-order valence-electron chi connectivity index (χ1n) is 10.7. The van der Waals surface area contributed by atoms with Crippen molar-refractivity contribution in [2.45, 2.75) is 25.4 Å². The molecule has 1 fully saturated rings. The summed E-state index contributed by atoms with van der Waals surface area (Å²) < 4.78 is 16.3. The van der Waals surface area contributed by atoms with Crippen molar-refractivity contribution in [2.75, 3.05) is 23.7 Å². The lowest BCUT2D eigenvalue weighted by molar-refractivity contribution is 0.374. The maximum atomic E-state index is 14.3. The van der Waals surface area contributed by atoms with Gasteiger partial charge in [-0.25, -0.2) is 9.37 Å². The molecule has 1 saturated heterocycles. The Bertz CT molecular complexity index is 1070. The minimum Gasteiger partial charge on any atom is -0.368 e. The molecule has 0 atom stereocenters. The molecule has 0 bridgehead atoms. The summed E-state index contributed by atoms with van der Waals surface area (Å²) in [6.07, 6.45) is 3.01. The zero-order valence-electron chi connectivity index (χ0n) is 17.9. The van der Waals surface area contributed by atoms with Gasteiger partial charge in [0.2, 0.25) is 5.95 Å². The summed E-state index contributed by atoms with van der Waals surface area (Å²) in [5, 5.41) is 21.0. The quantitative estimate of drug-likeness (QED) is 0.324. The highest BCUT2D eigenvalue weighted by Gasteiger charge is 2.25. The molecule has 7 nitrogen and oxygen atoms in total. The Hall–Kier alpha value is -3.65. The summed E-state index contributed by atoms with van der Waals surface area (Å²) in [7, 11) is 0. The fourth-order valence-corrected chi connectivity index (χ4v) is 3.86. The van der Waals surface area contributed by atoms with E-state index in [0.29, 0.717) is 35.5 Å². The van der Waals surface area contributed by atoms with Crippen molar-refractivity contribution in [1.29, 1.82) is 5.41 Å². The predicted octanol–water partition coefficient (Wildman–Crippen LogP) is 4.36. The third-order valence-electron chi connectivity index (χ3n) is 5.49. The van der Waals surface area contributed by atoms with Crippen molar-refractivity contribution in [1.82, 2.24) is 20.2 Å². The lowest BCUT2D eigenvalue weighted by Gasteiger charge is -2.28. The van der Waals surface area contributed by atoms with E-state index in [1.165, 1.54) is 12.3 Å². The van der Waals surface area contributed by atoms with E-state index < -0.39 is 0 Å². The van der Waals surface area contributed by atoms with Crippen molar-refractivity contribution in [2.24, 2.45) is 0 Å². The number of hydrogen-bond acceptors (Lipinski definition) is 6. The summed E-state index contributed by atoms with van der Waals surface area (Å²) in [6.45, 7) is 6.49. The van der Waals surface area contributed by atoms with Crippen LogP contribution in [0.3, 0.4) is 0 Å². The first-order chi connectivity index (χ1) is 15.7. The highest BCUT2D eigenvalue weighted by Crippen LogP contribution is 2.33. The molecule has 1 aliphatic rings. The van der Waals surface area contributed by atoms with Crippen LogP contribution in [0.2, 0.25) is 0 Å². The van der Waals surface area contributed by atoms with Gasteiger partial charge in [-0.2, -0.15) is 0 Å². The second-order valence-corrected chi connectivity index (χ2v) is 7.71. The third-order valence-corrected chi connectivity index (χ3v) is 5.49. The number of para-hydroxylation sites is 1. The van der Waals surface area contributed by atoms with Crippen molar-refractivity contribution in [3.8, 4) is 0 Å². The summed E-state index contributed by atoms with van der Waals surface area (Å²) in [5.41, 5.74) is 1.94. The summed E-state index contributed by atoms with van der Waals surface area (Å²) in [6, 6.07) is 16.7. The van der Waals surface area contributed by atoms with Crippen LogP contribution in [-0.2, 0) is 6.54 Å². The molecule has 0 radical (unpaired) electrons. The Balaban J connectivity index is 1.62. The standard InChI is InChI=1S/C24H28FN7/c1-17(28-16-18-7-3-2-4-8-18)29-23-22(15-26)31-24(30-21-10-6-5-9-20(21)25)32(23)19-11-13-27-14-12-19/h2-10,15,19,26-29H,1,11-14,16H2,(H,30,31).